The molecular weight excluding hydrogens is 220 g/mol. The van der Waals surface area contributed by atoms with E-state index in [2.05, 4.69) is 0 Å². The quantitative estimate of drug-likeness (QED) is 0.530. The average molecular weight is 238 g/mol. The van der Waals surface area contributed by atoms with Gasteiger partial charge < -0.3 is 14.9 Å². The number of carbonyl (C=O) groups excluding carboxylic acids is 1. The van der Waals surface area contributed by atoms with E-state index in [1.165, 1.54) is 0 Å². The minimum Gasteiger partial charge on any atom is -0.494 e. The second kappa shape index (κ2) is 7.81. The summed E-state index contributed by atoms with van der Waals surface area (Å²) in [6, 6.07) is 6.92. The molecule has 17 heavy (non-hydrogen) atoms. The minimum absolute atomic E-state index is 0.186. The zero-order chi connectivity index (χ0) is 12.5. The molecule has 0 fully saturated rings. The Morgan fingerprint density at radius 1 is 1.24 bits per heavy atom. The van der Waals surface area contributed by atoms with Crippen molar-refractivity contribution in [1.29, 1.82) is 0 Å². The van der Waals surface area contributed by atoms with Gasteiger partial charge in [-0.05, 0) is 43.5 Å². The van der Waals surface area contributed by atoms with Crippen molar-refractivity contribution >= 4 is 6.29 Å². The van der Waals surface area contributed by atoms with E-state index in [9.17, 15) is 4.79 Å². The Morgan fingerprint density at radius 2 is 1.94 bits per heavy atom. The molecule has 4 heteroatoms. The van der Waals surface area contributed by atoms with Crippen LogP contribution >= 0.6 is 0 Å². The van der Waals surface area contributed by atoms with E-state index in [-0.39, 0.29) is 6.61 Å². The van der Waals surface area contributed by atoms with Crippen LogP contribution in [0.1, 0.15) is 29.6 Å². The van der Waals surface area contributed by atoms with Gasteiger partial charge in [0.15, 0.2) is 0 Å². The zero-order valence-electron chi connectivity index (χ0n) is 9.71. The van der Waals surface area contributed by atoms with Crippen LogP contribution in [0.5, 0.6) is 5.75 Å². The van der Waals surface area contributed by atoms with E-state index in [0.29, 0.717) is 18.6 Å². The average Bonchev–Trinajstić information content (AvgIpc) is 2.38. The lowest BCUT2D eigenvalue weighted by Crippen LogP contribution is -2.11. The number of benzene rings is 1. The van der Waals surface area contributed by atoms with Crippen LogP contribution in [0, 0.1) is 0 Å². The van der Waals surface area contributed by atoms with Gasteiger partial charge in [-0.2, -0.15) is 0 Å². The van der Waals surface area contributed by atoms with Gasteiger partial charge in [-0.3, -0.25) is 4.79 Å². The Balaban J connectivity index is 2.15. The third-order valence-corrected chi connectivity index (χ3v) is 2.43. The lowest BCUT2D eigenvalue weighted by atomic mass is 10.2. The molecule has 0 bridgehead atoms. The molecule has 0 aliphatic carbocycles. The molecule has 1 atom stereocenters. The first kappa shape index (κ1) is 13.7. The third-order valence-electron chi connectivity index (χ3n) is 2.43. The Kier molecular flexibility index (Phi) is 6.29. The summed E-state index contributed by atoms with van der Waals surface area (Å²) in [5.41, 5.74) is 0.628. The SMILES string of the molecule is O=Cc1ccc(OCCCCC(O)CO)cc1. The normalized spacial score (nSPS) is 12.1. The topological polar surface area (TPSA) is 66.8 Å². The van der Waals surface area contributed by atoms with E-state index >= 15 is 0 Å². The van der Waals surface area contributed by atoms with E-state index in [1.54, 1.807) is 24.3 Å². The lowest BCUT2D eigenvalue weighted by molar-refractivity contribution is 0.0851. The fourth-order valence-corrected chi connectivity index (χ4v) is 1.41. The van der Waals surface area contributed by atoms with E-state index in [4.69, 9.17) is 14.9 Å². The van der Waals surface area contributed by atoms with Gasteiger partial charge in [-0.1, -0.05) is 0 Å². The highest BCUT2D eigenvalue weighted by molar-refractivity contribution is 5.74. The number of unbranched alkanes of at least 4 members (excludes halogenated alkanes) is 1. The van der Waals surface area contributed by atoms with Crippen LogP contribution in [-0.2, 0) is 0 Å². The van der Waals surface area contributed by atoms with Crippen LogP contribution in [0.2, 0.25) is 0 Å². The van der Waals surface area contributed by atoms with Gasteiger partial charge in [0.1, 0.15) is 12.0 Å². The zero-order valence-corrected chi connectivity index (χ0v) is 9.71. The van der Waals surface area contributed by atoms with Gasteiger partial charge in [-0.25, -0.2) is 0 Å². The number of rotatable bonds is 8. The molecule has 0 aromatic heterocycles. The van der Waals surface area contributed by atoms with E-state index in [0.717, 1.165) is 24.9 Å². The monoisotopic (exact) mass is 238 g/mol. The van der Waals surface area contributed by atoms with Crippen molar-refractivity contribution in [3.63, 3.8) is 0 Å². The Bertz CT molecular complexity index is 321. The standard InChI is InChI=1S/C13H18O4/c14-9-11-4-6-13(7-5-11)17-8-2-1-3-12(16)10-15/h4-7,9,12,15-16H,1-3,8,10H2. The molecular formula is C13H18O4. The summed E-state index contributed by atoms with van der Waals surface area (Å²) < 4.78 is 5.46. The summed E-state index contributed by atoms with van der Waals surface area (Å²) in [4.78, 5) is 10.4. The predicted molar refractivity (Wildman–Crippen MR) is 64.3 cm³/mol. The molecule has 0 heterocycles. The molecule has 1 aromatic carbocycles. The first-order valence-corrected chi connectivity index (χ1v) is 5.73. The maximum absolute atomic E-state index is 10.4. The lowest BCUT2D eigenvalue weighted by Gasteiger charge is -2.08. The highest BCUT2D eigenvalue weighted by Crippen LogP contribution is 2.12. The molecule has 1 rings (SSSR count). The van der Waals surface area contributed by atoms with Gasteiger partial charge in [0.25, 0.3) is 0 Å². The van der Waals surface area contributed by atoms with Crippen molar-refractivity contribution in [2.24, 2.45) is 0 Å². The molecule has 2 N–H and O–H groups in total. The highest BCUT2D eigenvalue weighted by Gasteiger charge is 2.01. The fourth-order valence-electron chi connectivity index (χ4n) is 1.41. The second-order valence-electron chi connectivity index (χ2n) is 3.87. The molecule has 4 nitrogen and oxygen atoms in total. The number of aliphatic hydroxyl groups is 2. The number of hydrogen-bond acceptors (Lipinski definition) is 4. The molecule has 0 spiro atoms. The summed E-state index contributed by atoms with van der Waals surface area (Å²) in [5, 5.41) is 17.7. The van der Waals surface area contributed by atoms with Crippen LogP contribution in [0.15, 0.2) is 24.3 Å². The maximum atomic E-state index is 10.4. The van der Waals surface area contributed by atoms with Crippen LogP contribution in [-0.4, -0.2) is 35.8 Å². The van der Waals surface area contributed by atoms with Gasteiger partial charge in [-0.15, -0.1) is 0 Å². The molecule has 0 saturated carbocycles. The van der Waals surface area contributed by atoms with Crippen molar-refractivity contribution in [3.05, 3.63) is 29.8 Å². The second-order valence-corrected chi connectivity index (χ2v) is 3.87. The number of aldehydes is 1. The fraction of sp³-hybridized carbons (Fsp3) is 0.462. The molecule has 0 aliphatic rings. The predicted octanol–water partition coefficient (Wildman–Crippen LogP) is 1.40. The molecule has 1 unspecified atom stereocenters. The minimum atomic E-state index is -0.623. The van der Waals surface area contributed by atoms with Crippen LogP contribution in [0.4, 0.5) is 0 Å². The van der Waals surface area contributed by atoms with Crippen molar-refractivity contribution in [2.75, 3.05) is 13.2 Å². The first-order chi connectivity index (χ1) is 8.26. The van der Waals surface area contributed by atoms with Gasteiger partial charge in [0.2, 0.25) is 0 Å². The van der Waals surface area contributed by atoms with Crippen LogP contribution in [0.25, 0.3) is 0 Å². The van der Waals surface area contributed by atoms with Crippen molar-refractivity contribution in [3.8, 4) is 5.75 Å². The largest absolute Gasteiger partial charge is 0.494 e. The molecule has 0 saturated heterocycles. The van der Waals surface area contributed by atoms with Crippen molar-refractivity contribution in [1.82, 2.24) is 0 Å². The third kappa shape index (κ3) is 5.47. The molecule has 1 aromatic rings. The Labute approximate surface area is 101 Å². The van der Waals surface area contributed by atoms with Crippen molar-refractivity contribution in [2.45, 2.75) is 25.4 Å². The van der Waals surface area contributed by atoms with Gasteiger partial charge in [0, 0.05) is 5.56 Å². The Hall–Kier alpha value is -1.39. The summed E-state index contributed by atoms with van der Waals surface area (Å²) in [7, 11) is 0. The van der Waals surface area contributed by atoms with Gasteiger partial charge >= 0.3 is 0 Å². The number of aliphatic hydroxyl groups excluding tert-OH is 2. The highest BCUT2D eigenvalue weighted by atomic mass is 16.5. The summed E-state index contributed by atoms with van der Waals surface area (Å²) in [6.45, 7) is 0.382. The van der Waals surface area contributed by atoms with Crippen LogP contribution < -0.4 is 4.74 Å². The maximum Gasteiger partial charge on any atom is 0.150 e. The van der Waals surface area contributed by atoms with Gasteiger partial charge in [0.05, 0.1) is 19.3 Å². The van der Waals surface area contributed by atoms with Crippen LogP contribution in [0.3, 0.4) is 0 Å². The van der Waals surface area contributed by atoms with E-state index < -0.39 is 6.10 Å². The van der Waals surface area contributed by atoms with Crippen molar-refractivity contribution < 1.29 is 19.7 Å². The molecule has 0 amide bonds. The summed E-state index contributed by atoms with van der Waals surface area (Å²) >= 11 is 0. The molecule has 94 valence electrons. The number of hydrogen-bond donors (Lipinski definition) is 2. The summed E-state index contributed by atoms with van der Waals surface area (Å²) in [5.74, 6) is 0.735. The number of carbonyl (C=O) groups is 1. The molecule has 0 aliphatic heterocycles. The Morgan fingerprint density at radius 3 is 2.53 bits per heavy atom. The summed E-state index contributed by atoms with van der Waals surface area (Å²) in [6.07, 6.45) is 2.40. The smallest absolute Gasteiger partial charge is 0.150 e. The molecule has 0 radical (unpaired) electrons. The van der Waals surface area contributed by atoms with E-state index in [1.807, 2.05) is 0 Å². The number of ether oxygens (including phenoxy) is 1. The first-order valence-electron chi connectivity index (χ1n) is 5.73.